The van der Waals surface area contributed by atoms with Gasteiger partial charge < -0.3 is 15.2 Å². The fourth-order valence-electron chi connectivity index (χ4n) is 1.67. The molecule has 0 heterocycles. The SMILES string of the molecule is COCCCNC(=O)CC(=O)N/N=C/c1ccccc1C(=O)O. The first-order valence-corrected chi connectivity index (χ1v) is 6.94. The molecule has 124 valence electrons. The van der Waals surface area contributed by atoms with Crippen LogP contribution in [0.4, 0.5) is 0 Å². The average molecular weight is 321 g/mol. The molecule has 1 aromatic rings. The van der Waals surface area contributed by atoms with Crippen molar-refractivity contribution < 1.29 is 24.2 Å². The molecule has 0 fully saturated rings. The number of carbonyl (C=O) groups excluding carboxylic acids is 2. The van der Waals surface area contributed by atoms with E-state index >= 15 is 0 Å². The number of nitrogens with zero attached hydrogens (tertiary/aromatic N) is 1. The van der Waals surface area contributed by atoms with Gasteiger partial charge in [0.1, 0.15) is 6.42 Å². The van der Waals surface area contributed by atoms with Crippen molar-refractivity contribution in [2.45, 2.75) is 12.8 Å². The van der Waals surface area contributed by atoms with Gasteiger partial charge in [-0.15, -0.1) is 0 Å². The number of hydrazone groups is 1. The second kappa shape index (κ2) is 10.1. The highest BCUT2D eigenvalue weighted by molar-refractivity contribution is 5.99. The Kier molecular flexibility index (Phi) is 8.01. The minimum atomic E-state index is -1.09. The summed E-state index contributed by atoms with van der Waals surface area (Å²) in [4.78, 5) is 34.0. The van der Waals surface area contributed by atoms with E-state index in [2.05, 4.69) is 15.8 Å². The zero-order chi connectivity index (χ0) is 17.1. The maximum atomic E-state index is 11.5. The van der Waals surface area contributed by atoms with Crippen molar-refractivity contribution >= 4 is 24.0 Å². The summed E-state index contributed by atoms with van der Waals surface area (Å²) >= 11 is 0. The number of ether oxygens (including phenoxy) is 1. The average Bonchev–Trinajstić information content (AvgIpc) is 2.52. The maximum absolute atomic E-state index is 11.5. The second-order valence-corrected chi connectivity index (χ2v) is 4.56. The zero-order valence-electron chi connectivity index (χ0n) is 12.7. The third-order valence-electron chi connectivity index (χ3n) is 2.75. The van der Waals surface area contributed by atoms with Gasteiger partial charge in [0.2, 0.25) is 11.8 Å². The lowest BCUT2D eigenvalue weighted by Crippen LogP contribution is -2.30. The van der Waals surface area contributed by atoms with E-state index in [4.69, 9.17) is 9.84 Å². The summed E-state index contributed by atoms with van der Waals surface area (Å²) in [6.07, 6.45) is 1.52. The molecule has 0 spiro atoms. The Morgan fingerprint density at radius 2 is 2.00 bits per heavy atom. The third kappa shape index (κ3) is 7.18. The number of benzene rings is 1. The fraction of sp³-hybridized carbons (Fsp3) is 0.333. The highest BCUT2D eigenvalue weighted by atomic mass is 16.5. The van der Waals surface area contributed by atoms with Crippen LogP contribution in [0.1, 0.15) is 28.8 Å². The minimum absolute atomic E-state index is 0.0707. The van der Waals surface area contributed by atoms with E-state index in [0.29, 0.717) is 25.1 Å². The monoisotopic (exact) mass is 321 g/mol. The van der Waals surface area contributed by atoms with E-state index in [1.54, 1.807) is 25.3 Å². The molecule has 3 N–H and O–H groups in total. The standard InChI is InChI=1S/C15H19N3O5/c1-23-8-4-7-16-13(19)9-14(20)18-17-10-11-5-2-3-6-12(11)15(21)22/h2-3,5-6,10H,4,7-9H2,1H3,(H,16,19)(H,18,20)(H,21,22)/b17-10+. The lowest BCUT2D eigenvalue weighted by Gasteiger charge is -2.04. The predicted molar refractivity (Wildman–Crippen MR) is 83.3 cm³/mol. The van der Waals surface area contributed by atoms with Crippen LogP contribution in [-0.4, -0.2) is 49.4 Å². The van der Waals surface area contributed by atoms with Crippen LogP contribution < -0.4 is 10.7 Å². The molecule has 0 saturated carbocycles. The quantitative estimate of drug-likeness (QED) is 0.263. The summed E-state index contributed by atoms with van der Waals surface area (Å²) in [5.41, 5.74) is 2.60. The van der Waals surface area contributed by atoms with E-state index in [1.165, 1.54) is 12.3 Å². The minimum Gasteiger partial charge on any atom is -0.478 e. The van der Waals surface area contributed by atoms with Crippen molar-refractivity contribution in [3.8, 4) is 0 Å². The first kappa shape index (κ1) is 18.3. The summed E-state index contributed by atoms with van der Waals surface area (Å²) in [6.45, 7) is 0.953. The van der Waals surface area contributed by atoms with Crippen LogP contribution in [0.2, 0.25) is 0 Å². The number of carboxylic acid groups (broad SMARTS) is 1. The summed E-state index contributed by atoms with van der Waals surface area (Å²) in [5, 5.41) is 15.2. The van der Waals surface area contributed by atoms with Gasteiger partial charge in [0.15, 0.2) is 0 Å². The van der Waals surface area contributed by atoms with Crippen molar-refractivity contribution in [3.05, 3.63) is 35.4 Å². The van der Waals surface area contributed by atoms with Gasteiger partial charge in [0, 0.05) is 25.8 Å². The molecule has 0 aliphatic carbocycles. The van der Waals surface area contributed by atoms with Gasteiger partial charge in [-0.3, -0.25) is 9.59 Å². The largest absolute Gasteiger partial charge is 0.478 e. The molecule has 8 heteroatoms. The number of carbonyl (C=O) groups is 3. The van der Waals surface area contributed by atoms with E-state index in [1.807, 2.05) is 0 Å². The number of nitrogens with one attached hydrogen (secondary N) is 2. The van der Waals surface area contributed by atoms with Crippen molar-refractivity contribution in [3.63, 3.8) is 0 Å². The molecule has 1 rings (SSSR count). The molecule has 0 atom stereocenters. The first-order valence-electron chi connectivity index (χ1n) is 6.94. The highest BCUT2D eigenvalue weighted by Gasteiger charge is 2.09. The smallest absolute Gasteiger partial charge is 0.336 e. The van der Waals surface area contributed by atoms with Gasteiger partial charge in [-0.1, -0.05) is 18.2 Å². The number of rotatable bonds is 9. The molecule has 0 aliphatic rings. The second-order valence-electron chi connectivity index (χ2n) is 4.56. The lowest BCUT2D eigenvalue weighted by atomic mass is 10.1. The molecular weight excluding hydrogens is 302 g/mol. The molecule has 0 unspecified atom stereocenters. The molecule has 0 saturated heterocycles. The highest BCUT2D eigenvalue weighted by Crippen LogP contribution is 2.05. The Balaban J connectivity index is 2.41. The summed E-state index contributed by atoms with van der Waals surface area (Å²) in [5.74, 6) is -2.09. The number of hydrogen-bond acceptors (Lipinski definition) is 5. The molecule has 1 aromatic carbocycles. The van der Waals surface area contributed by atoms with Gasteiger partial charge in [-0.05, 0) is 12.5 Å². The Labute approximate surface area is 133 Å². The third-order valence-corrected chi connectivity index (χ3v) is 2.75. The normalized spacial score (nSPS) is 10.5. The summed E-state index contributed by atoms with van der Waals surface area (Å²) in [6, 6.07) is 6.23. The number of carboxylic acids is 1. The van der Waals surface area contributed by atoms with Crippen molar-refractivity contribution in [2.24, 2.45) is 5.10 Å². The maximum Gasteiger partial charge on any atom is 0.336 e. The van der Waals surface area contributed by atoms with Crippen molar-refractivity contribution in [2.75, 3.05) is 20.3 Å². The Morgan fingerprint density at radius 1 is 1.26 bits per heavy atom. The van der Waals surface area contributed by atoms with Crippen LogP contribution in [0.15, 0.2) is 29.4 Å². The van der Waals surface area contributed by atoms with Gasteiger partial charge in [-0.25, -0.2) is 10.2 Å². The molecule has 8 nitrogen and oxygen atoms in total. The van der Waals surface area contributed by atoms with Crippen LogP contribution in [0.25, 0.3) is 0 Å². The van der Waals surface area contributed by atoms with E-state index in [9.17, 15) is 14.4 Å². The lowest BCUT2D eigenvalue weighted by molar-refractivity contribution is -0.129. The Morgan fingerprint density at radius 3 is 2.70 bits per heavy atom. The van der Waals surface area contributed by atoms with Crippen LogP contribution in [0.3, 0.4) is 0 Å². The van der Waals surface area contributed by atoms with Gasteiger partial charge in [0.05, 0.1) is 11.8 Å². The van der Waals surface area contributed by atoms with Crippen LogP contribution in [-0.2, 0) is 14.3 Å². The van der Waals surface area contributed by atoms with Crippen molar-refractivity contribution in [1.29, 1.82) is 0 Å². The zero-order valence-corrected chi connectivity index (χ0v) is 12.7. The van der Waals surface area contributed by atoms with Crippen LogP contribution >= 0.6 is 0 Å². The predicted octanol–water partition coefficient (Wildman–Crippen LogP) is 0.378. The van der Waals surface area contributed by atoms with Gasteiger partial charge >= 0.3 is 5.97 Å². The van der Waals surface area contributed by atoms with Gasteiger partial charge in [-0.2, -0.15) is 5.10 Å². The molecular formula is C15H19N3O5. The molecule has 0 bridgehead atoms. The van der Waals surface area contributed by atoms with Crippen molar-refractivity contribution in [1.82, 2.24) is 10.7 Å². The number of aromatic carboxylic acids is 1. The molecule has 23 heavy (non-hydrogen) atoms. The molecule has 0 aromatic heterocycles. The molecule has 2 amide bonds. The summed E-state index contributed by atoms with van der Waals surface area (Å²) in [7, 11) is 1.57. The van der Waals surface area contributed by atoms with Gasteiger partial charge in [0.25, 0.3) is 0 Å². The van der Waals surface area contributed by atoms with E-state index in [0.717, 1.165) is 0 Å². The van der Waals surface area contributed by atoms with Crippen LogP contribution in [0.5, 0.6) is 0 Å². The fourth-order valence-corrected chi connectivity index (χ4v) is 1.67. The topological polar surface area (TPSA) is 117 Å². The first-order chi connectivity index (χ1) is 11.0. The molecule has 0 radical (unpaired) electrons. The Bertz CT molecular complexity index is 586. The number of hydrogen-bond donors (Lipinski definition) is 3. The van der Waals surface area contributed by atoms with E-state index in [-0.39, 0.29) is 12.0 Å². The van der Waals surface area contributed by atoms with E-state index < -0.39 is 17.8 Å². The molecule has 0 aliphatic heterocycles. The summed E-state index contributed by atoms with van der Waals surface area (Å²) < 4.78 is 4.83. The number of methoxy groups -OCH3 is 1. The van der Waals surface area contributed by atoms with Crippen LogP contribution in [0, 0.1) is 0 Å². The number of amides is 2. The Hall–Kier alpha value is -2.74.